The van der Waals surface area contributed by atoms with Gasteiger partial charge in [-0.1, -0.05) is 27.7 Å². The van der Waals surface area contributed by atoms with Crippen molar-refractivity contribution in [2.75, 3.05) is 6.54 Å². The number of nitrogens with one attached hydrogen (secondary N) is 1. The first-order valence-corrected chi connectivity index (χ1v) is 9.12. The fourth-order valence-electron chi connectivity index (χ4n) is 4.26. The summed E-state index contributed by atoms with van der Waals surface area (Å²) in [5.41, 5.74) is 1.65. The van der Waals surface area contributed by atoms with Gasteiger partial charge >= 0.3 is 0 Å². The third-order valence-corrected chi connectivity index (χ3v) is 6.05. The molecule has 3 nitrogen and oxygen atoms in total. The Bertz CT molecular complexity index is 478. The van der Waals surface area contributed by atoms with Crippen molar-refractivity contribution < 1.29 is 4.79 Å². The predicted molar refractivity (Wildman–Crippen MR) is 95.0 cm³/mol. The maximum atomic E-state index is 12.4. The van der Waals surface area contributed by atoms with E-state index in [2.05, 4.69) is 38.0 Å². The molecule has 0 aliphatic heterocycles. The van der Waals surface area contributed by atoms with Gasteiger partial charge in [0.1, 0.15) is 0 Å². The highest BCUT2D eigenvalue weighted by Gasteiger charge is 2.41. The zero-order valence-electron chi connectivity index (χ0n) is 15.1. The minimum absolute atomic E-state index is 0.207. The van der Waals surface area contributed by atoms with Crippen molar-refractivity contribution in [3.63, 3.8) is 0 Å². The monoisotopic (exact) mass is 316 g/mol. The normalized spacial score (nSPS) is 18.3. The van der Waals surface area contributed by atoms with Gasteiger partial charge in [-0.2, -0.15) is 0 Å². The molecule has 0 spiro atoms. The van der Waals surface area contributed by atoms with E-state index < -0.39 is 0 Å². The number of aromatic nitrogens is 1. The molecule has 1 aromatic heterocycles. The van der Waals surface area contributed by atoms with Crippen LogP contribution in [0.4, 0.5) is 0 Å². The third-order valence-electron chi connectivity index (χ3n) is 6.05. The zero-order chi connectivity index (χ0) is 16.9. The highest BCUT2D eigenvalue weighted by atomic mass is 16.1. The average molecular weight is 316 g/mol. The van der Waals surface area contributed by atoms with E-state index in [0.29, 0.717) is 17.3 Å². The molecule has 3 heteroatoms. The number of amides is 1. The first-order valence-electron chi connectivity index (χ1n) is 9.12. The molecule has 1 aliphatic carbocycles. The minimum Gasteiger partial charge on any atom is -0.356 e. The topological polar surface area (TPSA) is 42.0 Å². The van der Waals surface area contributed by atoms with Crippen molar-refractivity contribution in [3.05, 3.63) is 30.1 Å². The number of carbonyl (C=O) groups excluding carboxylic acids is 1. The second-order valence-corrected chi connectivity index (χ2v) is 7.71. The third kappa shape index (κ3) is 4.33. The molecular formula is C20H32N2O. The molecule has 0 bridgehead atoms. The molecule has 128 valence electrons. The summed E-state index contributed by atoms with van der Waals surface area (Å²) in [6.07, 6.45) is 8.93. The van der Waals surface area contributed by atoms with Crippen molar-refractivity contribution in [3.8, 4) is 0 Å². The largest absolute Gasteiger partial charge is 0.356 e. The molecule has 1 fully saturated rings. The van der Waals surface area contributed by atoms with Crippen LogP contribution >= 0.6 is 0 Å². The Hall–Kier alpha value is -1.38. The lowest BCUT2D eigenvalue weighted by molar-refractivity contribution is -0.127. The molecule has 0 atom stereocenters. The molecule has 1 aromatic rings. The highest BCUT2D eigenvalue weighted by molar-refractivity contribution is 5.78. The Kier molecular flexibility index (Phi) is 6.20. The number of nitrogens with zero attached hydrogens (tertiary/aromatic N) is 1. The molecular weight excluding hydrogens is 284 g/mol. The predicted octanol–water partition coefficient (Wildman–Crippen LogP) is 4.23. The van der Waals surface area contributed by atoms with Gasteiger partial charge < -0.3 is 5.32 Å². The number of pyridine rings is 1. The second-order valence-electron chi connectivity index (χ2n) is 7.71. The molecule has 0 saturated heterocycles. The smallest absolute Gasteiger partial charge is 0.223 e. The van der Waals surface area contributed by atoms with Gasteiger partial charge in [-0.05, 0) is 67.1 Å². The first-order chi connectivity index (χ1) is 11.0. The summed E-state index contributed by atoms with van der Waals surface area (Å²) < 4.78 is 0. The van der Waals surface area contributed by atoms with E-state index >= 15 is 0 Å². The standard InChI is InChI=1S/C20H32N2O/c1-15(2)20(16(3)4)10-5-18(6-11-20)19(23)22-14-9-17-7-12-21-13-8-17/h7-8,12-13,15-16,18H,5-6,9-11,14H2,1-4H3,(H,22,23). The molecule has 0 unspecified atom stereocenters. The van der Waals surface area contributed by atoms with Crippen LogP contribution in [0, 0.1) is 23.2 Å². The van der Waals surface area contributed by atoms with Crippen molar-refractivity contribution in [2.24, 2.45) is 23.2 Å². The van der Waals surface area contributed by atoms with Crippen LogP contribution < -0.4 is 5.32 Å². The summed E-state index contributed by atoms with van der Waals surface area (Å²) in [5.74, 6) is 1.84. The van der Waals surface area contributed by atoms with Crippen molar-refractivity contribution in [1.29, 1.82) is 0 Å². The van der Waals surface area contributed by atoms with E-state index in [-0.39, 0.29) is 11.8 Å². The molecule has 2 rings (SSSR count). The molecule has 1 aliphatic rings. The van der Waals surface area contributed by atoms with Crippen LogP contribution in [0.1, 0.15) is 58.9 Å². The van der Waals surface area contributed by atoms with Crippen LogP contribution in [0.25, 0.3) is 0 Å². The summed E-state index contributed by atoms with van der Waals surface area (Å²) in [7, 11) is 0. The Balaban J connectivity index is 1.79. The van der Waals surface area contributed by atoms with Gasteiger partial charge in [-0.3, -0.25) is 9.78 Å². The number of rotatable bonds is 6. The van der Waals surface area contributed by atoms with Gasteiger partial charge in [0.25, 0.3) is 0 Å². The van der Waals surface area contributed by atoms with E-state index in [0.717, 1.165) is 25.8 Å². The molecule has 0 aromatic carbocycles. The Labute approximate surface area is 141 Å². The maximum absolute atomic E-state index is 12.4. The lowest BCUT2D eigenvalue weighted by atomic mass is 9.59. The van der Waals surface area contributed by atoms with Crippen LogP contribution in [0.5, 0.6) is 0 Å². The van der Waals surface area contributed by atoms with E-state index in [9.17, 15) is 4.79 Å². The molecule has 1 amide bonds. The average Bonchev–Trinajstić information content (AvgIpc) is 2.55. The lowest BCUT2D eigenvalue weighted by Gasteiger charge is -2.46. The summed E-state index contributed by atoms with van der Waals surface area (Å²) in [4.78, 5) is 16.4. The Morgan fingerprint density at radius 1 is 1.17 bits per heavy atom. The van der Waals surface area contributed by atoms with Crippen LogP contribution in [0.3, 0.4) is 0 Å². The quantitative estimate of drug-likeness (QED) is 0.853. The highest BCUT2D eigenvalue weighted by Crippen LogP contribution is 2.49. The van der Waals surface area contributed by atoms with Gasteiger partial charge in [0.05, 0.1) is 0 Å². The Morgan fingerprint density at radius 2 is 1.74 bits per heavy atom. The fourth-order valence-corrected chi connectivity index (χ4v) is 4.26. The van der Waals surface area contributed by atoms with Gasteiger partial charge in [0.2, 0.25) is 5.91 Å². The lowest BCUT2D eigenvalue weighted by Crippen LogP contribution is -2.41. The summed E-state index contributed by atoms with van der Waals surface area (Å²) in [6, 6.07) is 4.01. The van der Waals surface area contributed by atoms with E-state index in [1.54, 1.807) is 12.4 Å². The molecule has 1 saturated carbocycles. The fraction of sp³-hybridized carbons (Fsp3) is 0.700. The Morgan fingerprint density at radius 3 is 2.26 bits per heavy atom. The van der Waals surface area contributed by atoms with Crippen LogP contribution in [0.15, 0.2) is 24.5 Å². The van der Waals surface area contributed by atoms with E-state index in [1.165, 1.54) is 18.4 Å². The van der Waals surface area contributed by atoms with Gasteiger partial charge in [-0.25, -0.2) is 0 Å². The van der Waals surface area contributed by atoms with Crippen molar-refractivity contribution >= 4 is 5.91 Å². The van der Waals surface area contributed by atoms with Gasteiger partial charge in [-0.15, -0.1) is 0 Å². The summed E-state index contributed by atoms with van der Waals surface area (Å²) in [5, 5.41) is 3.13. The van der Waals surface area contributed by atoms with Crippen LogP contribution in [-0.2, 0) is 11.2 Å². The number of carbonyl (C=O) groups is 1. The molecule has 0 radical (unpaired) electrons. The molecule has 1 heterocycles. The number of hydrogen-bond donors (Lipinski definition) is 1. The SMILES string of the molecule is CC(C)C1(C(C)C)CCC(C(=O)NCCc2ccncc2)CC1. The van der Waals surface area contributed by atoms with E-state index in [1.807, 2.05) is 12.1 Å². The summed E-state index contributed by atoms with van der Waals surface area (Å²) in [6.45, 7) is 10.1. The van der Waals surface area contributed by atoms with Crippen LogP contribution in [-0.4, -0.2) is 17.4 Å². The zero-order valence-corrected chi connectivity index (χ0v) is 15.1. The molecule has 1 N–H and O–H groups in total. The van der Waals surface area contributed by atoms with Crippen LogP contribution in [0.2, 0.25) is 0 Å². The maximum Gasteiger partial charge on any atom is 0.223 e. The number of hydrogen-bond acceptors (Lipinski definition) is 2. The van der Waals surface area contributed by atoms with Crippen molar-refractivity contribution in [1.82, 2.24) is 10.3 Å². The second kappa shape index (κ2) is 7.94. The first kappa shape index (κ1) is 18.0. The van der Waals surface area contributed by atoms with Crippen molar-refractivity contribution in [2.45, 2.75) is 59.8 Å². The van der Waals surface area contributed by atoms with Gasteiger partial charge in [0, 0.05) is 24.9 Å². The molecule has 23 heavy (non-hydrogen) atoms. The summed E-state index contributed by atoms with van der Waals surface area (Å²) >= 11 is 0. The van der Waals surface area contributed by atoms with E-state index in [4.69, 9.17) is 0 Å². The van der Waals surface area contributed by atoms with Gasteiger partial charge in [0.15, 0.2) is 0 Å². The minimum atomic E-state index is 0.207.